The lowest BCUT2D eigenvalue weighted by Gasteiger charge is -2.44. The molecule has 0 saturated carbocycles. The Bertz CT molecular complexity index is 624. The maximum atomic E-state index is 13.0. The van der Waals surface area contributed by atoms with Crippen molar-refractivity contribution in [1.82, 2.24) is 15.1 Å². The third-order valence-corrected chi connectivity index (χ3v) is 6.36. The van der Waals surface area contributed by atoms with Gasteiger partial charge in [0, 0.05) is 25.2 Å². The summed E-state index contributed by atoms with van der Waals surface area (Å²) in [5.74, 6) is 0. The van der Waals surface area contributed by atoms with Crippen LogP contribution in [-0.4, -0.2) is 54.1 Å². The van der Waals surface area contributed by atoms with Gasteiger partial charge >= 0.3 is 6.03 Å². The van der Waals surface area contributed by atoms with Gasteiger partial charge in [-0.15, -0.1) is 0 Å². The van der Waals surface area contributed by atoms with E-state index in [-0.39, 0.29) is 23.7 Å². The van der Waals surface area contributed by atoms with Gasteiger partial charge in [-0.2, -0.15) is 0 Å². The number of hydrogen-bond acceptors (Lipinski definition) is 3. The van der Waals surface area contributed by atoms with Crippen LogP contribution in [0.3, 0.4) is 0 Å². The van der Waals surface area contributed by atoms with Gasteiger partial charge in [0.2, 0.25) is 0 Å². The molecule has 1 aromatic carbocycles. The summed E-state index contributed by atoms with van der Waals surface area (Å²) in [6, 6.07) is 8.28. The number of likely N-dealkylation sites (tertiary alicyclic amines) is 2. The minimum absolute atomic E-state index is 0.0128. The average molecular weight is 328 g/mol. The number of fused-ring (bicyclic) bond motifs is 1. The number of nitrogens with one attached hydrogen (secondary N) is 1. The molecule has 24 heavy (non-hydrogen) atoms. The Morgan fingerprint density at radius 2 is 1.96 bits per heavy atom. The van der Waals surface area contributed by atoms with Gasteiger partial charge in [0.05, 0.1) is 12.1 Å². The third-order valence-electron chi connectivity index (χ3n) is 6.36. The largest absolute Gasteiger partial charge is 0.333 e. The maximum Gasteiger partial charge on any atom is 0.318 e. The number of benzene rings is 1. The molecular weight excluding hydrogens is 300 g/mol. The zero-order valence-electron chi connectivity index (χ0n) is 14.5. The van der Waals surface area contributed by atoms with Gasteiger partial charge in [0.1, 0.15) is 0 Å². The van der Waals surface area contributed by atoms with Crippen molar-refractivity contribution in [2.24, 2.45) is 5.73 Å². The molecule has 2 atom stereocenters. The molecule has 5 nitrogen and oxygen atoms in total. The van der Waals surface area contributed by atoms with E-state index < -0.39 is 0 Å². The van der Waals surface area contributed by atoms with Gasteiger partial charge in [0.15, 0.2) is 0 Å². The molecule has 0 bridgehead atoms. The summed E-state index contributed by atoms with van der Waals surface area (Å²) in [7, 11) is 2.17. The fourth-order valence-corrected chi connectivity index (χ4v) is 4.81. The molecule has 3 N–H and O–H groups in total. The monoisotopic (exact) mass is 328 g/mol. The van der Waals surface area contributed by atoms with E-state index in [1.807, 2.05) is 12.1 Å². The Morgan fingerprint density at radius 3 is 2.71 bits per heavy atom. The van der Waals surface area contributed by atoms with Gasteiger partial charge in [-0.1, -0.05) is 24.3 Å². The van der Waals surface area contributed by atoms with E-state index >= 15 is 0 Å². The van der Waals surface area contributed by atoms with E-state index in [4.69, 9.17) is 5.73 Å². The second kappa shape index (κ2) is 6.05. The number of amides is 2. The summed E-state index contributed by atoms with van der Waals surface area (Å²) in [5, 5.41) is 3.25. The van der Waals surface area contributed by atoms with E-state index in [1.54, 1.807) is 0 Å². The number of piperidine rings is 1. The summed E-state index contributed by atoms with van der Waals surface area (Å²) >= 11 is 0. The highest BCUT2D eigenvalue weighted by Crippen LogP contribution is 2.38. The molecule has 1 aliphatic carbocycles. The van der Waals surface area contributed by atoms with Crippen LogP contribution in [0.5, 0.6) is 0 Å². The lowest BCUT2D eigenvalue weighted by Crippen LogP contribution is -2.57. The molecule has 3 aliphatic rings. The molecule has 0 aromatic heterocycles. The molecule has 5 heteroatoms. The third kappa shape index (κ3) is 2.60. The van der Waals surface area contributed by atoms with E-state index in [0.717, 1.165) is 51.7 Å². The molecule has 1 aromatic rings. The molecule has 2 fully saturated rings. The van der Waals surface area contributed by atoms with Crippen LogP contribution in [0.4, 0.5) is 4.79 Å². The van der Waals surface area contributed by atoms with Crippen molar-refractivity contribution < 1.29 is 4.79 Å². The average Bonchev–Trinajstić information content (AvgIpc) is 3.13. The van der Waals surface area contributed by atoms with Crippen molar-refractivity contribution >= 4 is 6.03 Å². The van der Waals surface area contributed by atoms with Crippen LogP contribution >= 0.6 is 0 Å². The molecule has 0 unspecified atom stereocenters. The highest BCUT2D eigenvalue weighted by Gasteiger charge is 2.45. The quantitative estimate of drug-likeness (QED) is 0.827. The van der Waals surface area contributed by atoms with Crippen molar-refractivity contribution in [2.75, 3.05) is 26.7 Å². The van der Waals surface area contributed by atoms with Crippen molar-refractivity contribution in [3.63, 3.8) is 0 Å². The van der Waals surface area contributed by atoms with Crippen LogP contribution in [0.25, 0.3) is 0 Å². The molecular formula is C19H28N4O. The first kappa shape index (κ1) is 15.9. The normalized spacial score (nSPS) is 29.0. The summed E-state index contributed by atoms with van der Waals surface area (Å²) in [5.41, 5.74) is 8.91. The molecule has 1 spiro atoms. The number of carbonyl (C=O) groups is 1. The first-order valence-electron chi connectivity index (χ1n) is 9.19. The second-order valence-corrected chi connectivity index (χ2v) is 7.77. The topological polar surface area (TPSA) is 61.6 Å². The van der Waals surface area contributed by atoms with Crippen LogP contribution in [-0.2, 0) is 6.42 Å². The Hall–Kier alpha value is -1.59. The molecule has 2 aliphatic heterocycles. The van der Waals surface area contributed by atoms with Crippen LogP contribution in [0, 0.1) is 0 Å². The SMILES string of the molecule is CN1CCC2(CCCN2C(=O)N[C@@H]2Cc3ccccc3[C@H]2N)CC1. The van der Waals surface area contributed by atoms with Crippen molar-refractivity contribution in [3.8, 4) is 0 Å². The van der Waals surface area contributed by atoms with Gasteiger partial charge < -0.3 is 20.9 Å². The number of urea groups is 1. The number of nitrogens with zero attached hydrogens (tertiary/aromatic N) is 2. The number of hydrogen-bond donors (Lipinski definition) is 2. The minimum atomic E-state index is -0.0961. The summed E-state index contributed by atoms with van der Waals surface area (Å²) < 4.78 is 0. The van der Waals surface area contributed by atoms with E-state index in [2.05, 4.69) is 34.3 Å². The highest BCUT2D eigenvalue weighted by molar-refractivity contribution is 5.76. The molecule has 2 saturated heterocycles. The van der Waals surface area contributed by atoms with Crippen LogP contribution in [0.15, 0.2) is 24.3 Å². The Morgan fingerprint density at radius 1 is 1.21 bits per heavy atom. The molecule has 2 heterocycles. The Kier molecular flexibility index (Phi) is 4.01. The number of rotatable bonds is 1. The fraction of sp³-hybridized carbons (Fsp3) is 0.632. The van der Waals surface area contributed by atoms with Gasteiger partial charge in [-0.25, -0.2) is 4.79 Å². The maximum absolute atomic E-state index is 13.0. The van der Waals surface area contributed by atoms with Crippen molar-refractivity contribution in [2.45, 2.75) is 49.7 Å². The number of carbonyl (C=O) groups excluding carboxylic acids is 1. The summed E-state index contributed by atoms with van der Waals surface area (Å²) in [6.07, 6.45) is 5.29. The molecule has 0 radical (unpaired) electrons. The first-order valence-corrected chi connectivity index (χ1v) is 9.19. The zero-order chi connectivity index (χ0) is 16.7. The summed E-state index contributed by atoms with van der Waals surface area (Å²) in [6.45, 7) is 3.04. The predicted molar refractivity (Wildman–Crippen MR) is 94.8 cm³/mol. The smallest absolute Gasteiger partial charge is 0.318 e. The lowest BCUT2D eigenvalue weighted by molar-refractivity contribution is 0.0814. The van der Waals surface area contributed by atoms with Gasteiger partial charge in [0.25, 0.3) is 0 Å². The Labute approximate surface area is 144 Å². The molecule has 2 amide bonds. The van der Waals surface area contributed by atoms with E-state index in [9.17, 15) is 4.79 Å². The molecule has 130 valence electrons. The second-order valence-electron chi connectivity index (χ2n) is 7.77. The van der Waals surface area contributed by atoms with Gasteiger partial charge in [-0.05, 0) is 50.3 Å². The van der Waals surface area contributed by atoms with E-state index in [0.29, 0.717) is 0 Å². The predicted octanol–water partition coefficient (Wildman–Crippen LogP) is 1.88. The lowest BCUT2D eigenvalue weighted by atomic mass is 9.85. The number of nitrogens with two attached hydrogens (primary N) is 1. The van der Waals surface area contributed by atoms with Crippen LogP contribution in [0.1, 0.15) is 42.9 Å². The fourth-order valence-electron chi connectivity index (χ4n) is 4.81. The highest BCUT2D eigenvalue weighted by atomic mass is 16.2. The molecule has 4 rings (SSSR count). The summed E-state index contributed by atoms with van der Waals surface area (Å²) in [4.78, 5) is 17.5. The zero-order valence-corrected chi connectivity index (χ0v) is 14.5. The Balaban J connectivity index is 1.45. The van der Waals surface area contributed by atoms with Crippen LogP contribution in [0.2, 0.25) is 0 Å². The first-order chi connectivity index (χ1) is 11.6. The van der Waals surface area contributed by atoms with Crippen molar-refractivity contribution in [3.05, 3.63) is 35.4 Å². The van der Waals surface area contributed by atoms with Crippen LogP contribution < -0.4 is 11.1 Å². The standard InChI is InChI=1S/C19H28N4O/c1-22-11-8-19(9-12-22)7-4-10-23(19)18(24)21-16-13-14-5-2-3-6-15(14)17(16)20/h2-3,5-6,16-17H,4,7-13,20H2,1H3,(H,21,24)/t16-,17-/m1/s1. The van der Waals surface area contributed by atoms with Gasteiger partial charge in [-0.3, -0.25) is 0 Å². The van der Waals surface area contributed by atoms with Crippen molar-refractivity contribution in [1.29, 1.82) is 0 Å². The minimum Gasteiger partial charge on any atom is -0.333 e. The van der Waals surface area contributed by atoms with E-state index in [1.165, 1.54) is 11.1 Å².